The van der Waals surface area contributed by atoms with Crippen LogP contribution in [0, 0.1) is 0 Å². The Morgan fingerprint density at radius 3 is 2.88 bits per heavy atom. The van der Waals surface area contributed by atoms with Crippen LogP contribution in [-0.2, 0) is 6.42 Å². The molecule has 1 unspecified atom stereocenters. The van der Waals surface area contributed by atoms with Crippen LogP contribution in [0.1, 0.15) is 43.6 Å². The molecule has 0 amide bonds. The van der Waals surface area contributed by atoms with Gasteiger partial charge in [0, 0.05) is 22.7 Å². The molecule has 0 spiro atoms. The van der Waals surface area contributed by atoms with Crippen molar-refractivity contribution < 1.29 is 0 Å². The monoisotopic (exact) mass is 247 g/mol. The van der Waals surface area contributed by atoms with Gasteiger partial charge in [-0.15, -0.1) is 17.9 Å². The van der Waals surface area contributed by atoms with Crippen molar-refractivity contribution in [3.8, 4) is 0 Å². The molecule has 0 aliphatic rings. The molecule has 1 nitrogen and oxygen atoms in total. The number of rotatable bonds is 6. The average molecular weight is 247 g/mol. The Labute approximate surface area is 109 Å². The van der Waals surface area contributed by atoms with E-state index < -0.39 is 0 Å². The van der Waals surface area contributed by atoms with Crippen molar-refractivity contribution in [1.29, 1.82) is 0 Å². The maximum Gasteiger partial charge on any atom is 0.0429 e. The van der Waals surface area contributed by atoms with E-state index >= 15 is 0 Å². The SMILES string of the molecule is C=CCCc1sccc1C(C)/C(=C/C)N=CC. The van der Waals surface area contributed by atoms with E-state index in [0.717, 1.165) is 18.5 Å². The maximum atomic E-state index is 4.44. The van der Waals surface area contributed by atoms with Crippen molar-refractivity contribution in [2.24, 2.45) is 4.99 Å². The van der Waals surface area contributed by atoms with E-state index in [0.29, 0.717) is 5.92 Å². The Balaban J connectivity index is 2.91. The van der Waals surface area contributed by atoms with Gasteiger partial charge >= 0.3 is 0 Å². The van der Waals surface area contributed by atoms with Crippen LogP contribution in [0.2, 0.25) is 0 Å². The third-order valence-corrected chi connectivity index (χ3v) is 3.84. The van der Waals surface area contributed by atoms with E-state index in [1.54, 1.807) is 0 Å². The van der Waals surface area contributed by atoms with Crippen LogP contribution < -0.4 is 0 Å². The summed E-state index contributed by atoms with van der Waals surface area (Å²) < 4.78 is 0. The average Bonchev–Trinajstić information content (AvgIpc) is 2.80. The first-order valence-electron chi connectivity index (χ1n) is 6.06. The minimum atomic E-state index is 0.377. The first-order valence-corrected chi connectivity index (χ1v) is 6.94. The number of hydrogen-bond donors (Lipinski definition) is 0. The Morgan fingerprint density at radius 1 is 1.53 bits per heavy atom. The highest BCUT2D eigenvalue weighted by Gasteiger charge is 2.14. The van der Waals surface area contributed by atoms with Gasteiger partial charge in [-0.1, -0.05) is 19.1 Å². The van der Waals surface area contributed by atoms with E-state index in [1.807, 2.05) is 30.6 Å². The van der Waals surface area contributed by atoms with E-state index in [9.17, 15) is 0 Å². The first kappa shape index (κ1) is 13.9. The zero-order valence-electron chi connectivity index (χ0n) is 10.9. The van der Waals surface area contributed by atoms with Crippen LogP contribution in [0.4, 0.5) is 0 Å². The minimum absolute atomic E-state index is 0.377. The molecule has 0 aromatic carbocycles. The predicted molar refractivity (Wildman–Crippen MR) is 79.2 cm³/mol. The maximum absolute atomic E-state index is 4.44. The normalized spacial score (nSPS) is 14.2. The molecule has 0 aliphatic carbocycles. The van der Waals surface area contributed by atoms with Crippen LogP contribution in [0.25, 0.3) is 0 Å². The molecule has 0 saturated heterocycles. The highest BCUT2D eigenvalue weighted by Crippen LogP contribution is 2.31. The van der Waals surface area contributed by atoms with E-state index in [2.05, 4.69) is 42.9 Å². The second kappa shape index (κ2) is 7.23. The highest BCUT2D eigenvalue weighted by molar-refractivity contribution is 7.10. The second-order valence-corrected chi connectivity index (χ2v) is 4.95. The Morgan fingerprint density at radius 2 is 2.29 bits per heavy atom. The summed E-state index contributed by atoms with van der Waals surface area (Å²) in [5.74, 6) is 0.377. The van der Waals surface area contributed by atoms with Gasteiger partial charge in [0.1, 0.15) is 0 Å². The van der Waals surface area contributed by atoms with Gasteiger partial charge in [-0.05, 0) is 43.7 Å². The Hall–Kier alpha value is -1.15. The van der Waals surface area contributed by atoms with Gasteiger partial charge in [0.2, 0.25) is 0 Å². The lowest BCUT2D eigenvalue weighted by atomic mass is 9.97. The smallest absolute Gasteiger partial charge is 0.0429 e. The summed E-state index contributed by atoms with van der Waals surface area (Å²) in [4.78, 5) is 5.90. The molecule has 0 fully saturated rings. The quantitative estimate of drug-likeness (QED) is 0.497. The summed E-state index contributed by atoms with van der Waals surface area (Å²) in [5, 5.41) is 2.17. The van der Waals surface area contributed by atoms with Crippen LogP contribution in [-0.4, -0.2) is 6.21 Å². The van der Waals surface area contributed by atoms with Crippen molar-refractivity contribution >= 4 is 17.6 Å². The van der Waals surface area contributed by atoms with Crippen LogP contribution >= 0.6 is 11.3 Å². The molecule has 0 saturated carbocycles. The number of aliphatic imine (C=N–C) groups is 1. The summed E-state index contributed by atoms with van der Waals surface area (Å²) in [7, 11) is 0. The molecule has 1 aromatic rings. The number of aryl methyl sites for hydroxylation is 1. The van der Waals surface area contributed by atoms with Gasteiger partial charge < -0.3 is 0 Å². The van der Waals surface area contributed by atoms with Crippen molar-refractivity contribution in [2.45, 2.75) is 39.5 Å². The highest BCUT2D eigenvalue weighted by atomic mass is 32.1. The van der Waals surface area contributed by atoms with E-state index in [4.69, 9.17) is 0 Å². The molecule has 0 bridgehead atoms. The summed E-state index contributed by atoms with van der Waals surface area (Å²) in [6, 6.07) is 2.22. The fourth-order valence-corrected chi connectivity index (χ4v) is 2.91. The molecule has 17 heavy (non-hydrogen) atoms. The summed E-state index contributed by atoms with van der Waals surface area (Å²) in [5.41, 5.74) is 2.56. The van der Waals surface area contributed by atoms with Gasteiger partial charge in [-0.2, -0.15) is 0 Å². The lowest BCUT2D eigenvalue weighted by Crippen LogP contribution is -1.98. The number of allylic oxidation sites excluding steroid dienone is 3. The predicted octanol–water partition coefficient (Wildman–Crippen LogP) is 4.96. The molecular weight excluding hydrogens is 226 g/mol. The van der Waals surface area contributed by atoms with E-state index in [-0.39, 0.29) is 0 Å². The molecule has 0 radical (unpaired) electrons. The zero-order chi connectivity index (χ0) is 12.7. The lowest BCUT2D eigenvalue weighted by Gasteiger charge is -2.13. The van der Waals surface area contributed by atoms with Crippen molar-refractivity contribution in [1.82, 2.24) is 0 Å². The number of thiophene rings is 1. The van der Waals surface area contributed by atoms with Gasteiger partial charge in [-0.3, -0.25) is 4.99 Å². The molecule has 0 aliphatic heterocycles. The summed E-state index contributed by atoms with van der Waals surface area (Å²) in [6.07, 6.45) is 8.08. The van der Waals surface area contributed by atoms with Crippen molar-refractivity contribution in [3.05, 3.63) is 46.3 Å². The van der Waals surface area contributed by atoms with Crippen LogP contribution in [0.3, 0.4) is 0 Å². The fourth-order valence-electron chi connectivity index (χ4n) is 1.92. The first-order chi connectivity index (χ1) is 8.24. The van der Waals surface area contributed by atoms with Crippen molar-refractivity contribution in [2.75, 3.05) is 0 Å². The van der Waals surface area contributed by atoms with Crippen molar-refractivity contribution in [3.63, 3.8) is 0 Å². The third kappa shape index (κ3) is 3.67. The fraction of sp³-hybridized carbons (Fsp3) is 0.400. The molecule has 1 heterocycles. The molecule has 1 aromatic heterocycles. The van der Waals surface area contributed by atoms with Crippen LogP contribution in [0.5, 0.6) is 0 Å². The number of hydrogen-bond acceptors (Lipinski definition) is 2. The lowest BCUT2D eigenvalue weighted by molar-refractivity contribution is 0.857. The standard InChI is InChI=1S/C15H21NS/c1-5-8-9-15-13(10-11-17-15)12(4)14(6-2)16-7-3/h5-7,10-12H,1,8-9H2,2-4H3/b14-6-,16-7?. The number of nitrogens with zero attached hydrogens (tertiary/aromatic N) is 1. The molecule has 1 rings (SSSR count). The van der Waals surface area contributed by atoms with Gasteiger partial charge in [0.25, 0.3) is 0 Å². The summed E-state index contributed by atoms with van der Waals surface area (Å²) >= 11 is 1.84. The molecule has 0 N–H and O–H groups in total. The second-order valence-electron chi connectivity index (χ2n) is 3.95. The molecule has 92 valence electrons. The van der Waals surface area contributed by atoms with E-state index in [1.165, 1.54) is 10.4 Å². The molecular formula is C15H21NS. The van der Waals surface area contributed by atoms with Crippen LogP contribution in [0.15, 0.2) is 40.9 Å². The zero-order valence-corrected chi connectivity index (χ0v) is 11.8. The van der Waals surface area contributed by atoms with Gasteiger partial charge in [0.05, 0.1) is 0 Å². The minimum Gasteiger partial charge on any atom is -0.266 e. The Bertz CT molecular complexity index is 412. The Kier molecular flexibility index (Phi) is 5.92. The largest absolute Gasteiger partial charge is 0.266 e. The molecule has 1 atom stereocenters. The summed E-state index contributed by atoms with van der Waals surface area (Å²) in [6.45, 7) is 10.0. The third-order valence-electron chi connectivity index (χ3n) is 2.84. The van der Waals surface area contributed by atoms with Gasteiger partial charge in [0.15, 0.2) is 0 Å². The topological polar surface area (TPSA) is 12.4 Å². The van der Waals surface area contributed by atoms with Gasteiger partial charge in [-0.25, -0.2) is 0 Å². The molecule has 2 heteroatoms.